The van der Waals surface area contributed by atoms with Gasteiger partial charge < -0.3 is 0 Å². The van der Waals surface area contributed by atoms with Crippen LogP contribution in [0.5, 0.6) is 0 Å². The summed E-state index contributed by atoms with van der Waals surface area (Å²) in [7, 11) is 0. The molecule has 106 valence electrons. The van der Waals surface area contributed by atoms with Crippen LogP contribution in [0.3, 0.4) is 0 Å². The van der Waals surface area contributed by atoms with Crippen molar-refractivity contribution in [2.45, 2.75) is 6.92 Å². The Bertz CT molecular complexity index is 999. The second-order valence-corrected chi connectivity index (χ2v) is 6.51. The molecule has 4 aromatic carbocycles. The van der Waals surface area contributed by atoms with Gasteiger partial charge in [-0.1, -0.05) is 76.6 Å². The van der Waals surface area contributed by atoms with E-state index in [0.29, 0.717) is 0 Å². The SMILES string of the molecule is Cc1ccc2ccccc2c1-c1ccc2cccc(Br)c2c1. The molecule has 22 heavy (non-hydrogen) atoms. The zero-order valence-electron chi connectivity index (χ0n) is 12.3. The lowest BCUT2D eigenvalue weighted by Gasteiger charge is -2.12. The minimum absolute atomic E-state index is 1.14. The quantitative estimate of drug-likeness (QED) is 0.358. The van der Waals surface area contributed by atoms with Crippen LogP contribution in [0.15, 0.2) is 77.3 Å². The monoisotopic (exact) mass is 346 g/mol. The molecule has 0 unspecified atom stereocenters. The predicted octanol–water partition coefficient (Wildman–Crippen LogP) is 6.73. The van der Waals surface area contributed by atoms with E-state index < -0.39 is 0 Å². The van der Waals surface area contributed by atoms with E-state index >= 15 is 0 Å². The van der Waals surface area contributed by atoms with Gasteiger partial charge in [-0.2, -0.15) is 0 Å². The summed E-state index contributed by atoms with van der Waals surface area (Å²) in [5.41, 5.74) is 3.91. The van der Waals surface area contributed by atoms with Gasteiger partial charge in [0.05, 0.1) is 0 Å². The molecule has 0 radical (unpaired) electrons. The third-order valence-corrected chi connectivity index (χ3v) is 4.95. The number of benzene rings is 4. The van der Waals surface area contributed by atoms with E-state index in [9.17, 15) is 0 Å². The van der Waals surface area contributed by atoms with Crippen LogP contribution in [0.2, 0.25) is 0 Å². The molecule has 4 aromatic rings. The van der Waals surface area contributed by atoms with Crippen molar-refractivity contribution in [2.75, 3.05) is 0 Å². The molecule has 0 nitrogen and oxygen atoms in total. The number of fused-ring (bicyclic) bond motifs is 2. The first-order chi connectivity index (χ1) is 10.7. The average molecular weight is 347 g/mol. The van der Waals surface area contributed by atoms with Gasteiger partial charge in [0.2, 0.25) is 0 Å². The Labute approximate surface area is 138 Å². The Balaban J connectivity index is 2.07. The van der Waals surface area contributed by atoms with Gasteiger partial charge in [0.1, 0.15) is 0 Å². The molecule has 0 atom stereocenters. The van der Waals surface area contributed by atoms with E-state index in [1.165, 1.54) is 38.2 Å². The predicted molar refractivity (Wildman–Crippen MR) is 99.3 cm³/mol. The molecule has 0 aliphatic carbocycles. The van der Waals surface area contributed by atoms with Crippen LogP contribution in [-0.2, 0) is 0 Å². The lowest BCUT2D eigenvalue weighted by molar-refractivity contribution is 1.49. The van der Waals surface area contributed by atoms with Crippen LogP contribution in [0.4, 0.5) is 0 Å². The molecule has 1 heteroatoms. The van der Waals surface area contributed by atoms with Crippen molar-refractivity contribution in [3.8, 4) is 11.1 Å². The van der Waals surface area contributed by atoms with E-state index in [2.05, 4.69) is 95.7 Å². The second kappa shape index (κ2) is 5.26. The Kier molecular flexibility index (Phi) is 3.24. The average Bonchev–Trinajstić information content (AvgIpc) is 2.55. The molecule has 0 amide bonds. The van der Waals surface area contributed by atoms with E-state index in [0.717, 1.165) is 4.47 Å². The van der Waals surface area contributed by atoms with Crippen LogP contribution in [0.25, 0.3) is 32.7 Å². The molecule has 0 N–H and O–H groups in total. The van der Waals surface area contributed by atoms with E-state index in [1.807, 2.05) is 0 Å². The van der Waals surface area contributed by atoms with E-state index in [-0.39, 0.29) is 0 Å². The summed E-state index contributed by atoms with van der Waals surface area (Å²) in [4.78, 5) is 0. The van der Waals surface area contributed by atoms with Crippen LogP contribution >= 0.6 is 15.9 Å². The molecule has 0 saturated heterocycles. The summed E-state index contributed by atoms with van der Waals surface area (Å²) in [6.07, 6.45) is 0. The van der Waals surface area contributed by atoms with Crippen molar-refractivity contribution < 1.29 is 0 Å². The zero-order chi connectivity index (χ0) is 15.1. The van der Waals surface area contributed by atoms with Gasteiger partial charge >= 0.3 is 0 Å². The molecule has 0 aliphatic heterocycles. The highest BCUT2D eigenvalue weighted by molar-refractivity contribution is 9.10. The fraction of sp³-hybridized carbons (Fsp3) is 0.0476. The third kappa shape index (κ3) is 2.13. The second-order valence-electron chi connectivity index (χ2n) is 5.65. The van der Waals surface area contributed by atoms with Gasteiger partial charge in [-0.05, 0) is 57.3 Å². The van der Waals surface area contributed by atoms with Gasteiger partial charge in [-0.3, -0.25) is 0 Å². The number of aryl methyl sites for hydroxylation is 1. The molecule has 4 rings (SSSR count). The van der Waals surface area contributed by atoms with Gasteiger partial charge in [0.25, 0.3) is 0 Å². The summed E-state index contributed by atoms with van der Waals surface area (Å²) >= 11 is 3.67. The van der Waals surface area contributed by atoms with Crippen LogP contribution in [-0.4, -0.2) is 0 Å². The first-order valence-electron chi connectivity index (χ1n) is 7.41. The molecule has 0 bridgehead atoms. The summed E-state index contributed by atoms with van der Waals surface area (Å²) in [5.74, 6) is 0. The topological polar surface area (TPSA) is 0 Å². The molecule has 0 aliphatic rings. The molecule has 0 aromatic heterocycles. The normalized spacial score (nSPS) is 11.2. The number of hydrogen-bond donors (Lipinski definition) is 0. The van der Waals surface area contributed by atoms with Crippen molar-refractivity contribution in [1.82, 2.24) is 0 Å². The van der Waals surface area contributed by atoms with Crippen LogP contribution < -0.4 is 0 Å². The van der Waals surface area contributed by atoms with Crippen molar-refractivity contribution in [2.24, 2.45) is 0 Å². The first kappa shape index (κ1) is 13.5. The number of halogens is 1. The summed E-state index contributed by atoms with van der Waals surface area (Å²) in [6, 6.07) is 26.1. The number of hydrogen-bond acceptors (Lipinski definition) is 0. The highest BCUT2D eigenvalue weighted by Crippen LogP contribution is 2.35. The maximum atomic E-state index is 3.67. The van der Waals surface area contributed by atoms with E-state index in [1.54, 1.807) is 0 Å². The van der Waals surface area contributed by atoms with Gasteiger partial charge in [-0.15, -0.1) is 0 Å². The molecule has 0 heterocycles. The molecule has 0 saturated carbocycles. The fourth-order valence-electron chi connectivity index (χ4n) is 3.15. The molecular weight excluding hydrogens is 332 g/mol. The summed E-state index contributed by atoms with van der Waals surface area (Å²) in [6.45, 7) is 2.19. The van der Waals surface area contributed by atoms with Gasteiger partial charge in [0.15, 0.2) is 0 Å². The van der Waals surface area contributed by atoms with E-state index in [4.69, 9.17) is 0 Å². The molecule has 0 spiro atoms. The standard InChI is InChI=1S/C21H15Br/c1-14-9-10-15-5-2-3-7-18(15)21(14)17-12-11-16-6-4-8-20(22)19(16)13-17/h2-13H,1H3. The van der Waals surface area contributed by atoms with Crippen LogP contribution in [0, 0.1) is 6.92 Å². The molecular formula is C21H15Br. The summed E-state index contributed by atoms with van der Waals surface area (Å²) < 4.78 is 1.14. The maximum Gasteiger partial charge on any atom is 0.0253 e. The number of rotatable bonds is 1. The Morgan fingerprint density at radius 2 is 1.41 bits per heavy atom. The van der Waals surface area contributed by atoms with Crippen molar-refractivity contribution in [1.29, 1.82) is 0 Å². The van der Waals surface area contributed by atoms with Crippen molar-refractivity contribution >= 4 is 37.5 Å². The fourth-order valence-corrected chi connectivity index (χ4v) is 3.65. The van der Waals surface area contributed by atoms with Gasteiger partial charge in [-0.25, -0.2) is 0 Å². The third-order valence-electron chi connectivity index (χ3n) is 4.25. The van der Waals surface area contributed by atoms with Crippen molar-refractivity contribution in [3.05, 3.63) is 82.8 Å². The lowest BCUT2D eigenvalue weighted by atomic mass is 9.93. The zero-order valence-corrected chi connectivity index (χ0v) is 13.9. The smallest absolute Gasteiger partial charge is 0.0253 e. The molecule has 0 fully saturated rings. The highest BCUT2D eigenvalue weighted by atomic mass is 79.9. The maximum absolute atomic E-state index is 3.67. The minimum atomic E-state index is 1.14. The van der Waals surface area contributed by atoms with Gasteiger partial charge in [0, 0.05) is 4.47 Å². The largest absolute Gasteiger partial charge is 0.0616 e. The van der Waals surface area contributed by atoms with Crippen molar-refractivity contribution in [3.63, 3.8) is 0 Å². The first-order valence-corrected chi connectivity index (χ1v) is 8.20. The minimum Gasteiger partial charge on any atom is -0.0616 e. The highest BCUT2D eigenvalue weighted by Gasteiger charge is 2.08. The Morgan fingerprint density at radius 3 is 2.32 bits per heavy atom. The summed E-state index contributed by atoms with van der Waals surface area (Å²) in [5, 5.41) is 5.12. The van der Waals surface area contributed by atoms with Crippen LogP contribution in [0.1, 0.15) is 5.56 Å². The Morgan fingerprint density at radius 1 is 0.682 bits per heavy atom. The Hall–Kier alpha value is -2.12. The lowest BCUT2D eigenvalue weighted by Crippen LogP contribution is -1.87.